The summed E-state index contributed by atoms with van der Waals surface area (Å²) < 4.78 is 37.6. The molecule has 2 atom stereocenters. The Kier molecular flexibility index (Phi) is 8.30. The summed E-state index contributed by atoms with van der Waals surface area (Å²) in [7, 11) is -2.87. The van der Waals surface area contributed by atoms with Gasteiger partial charge in [-0.25, -0.2) is 8.42 Å². The van der Waals surface area contributed by atoms with E-state index in [-0.39, 0.29) is 17.8 Å². The minimum atomic E-state index is -3.31. The number of rotatable bonds is 8. The number of hydrogen-bond acceptors (Lipinski definition) is 6. The van der Waals surface area contributed by atoms with Gasteiger partial charge < -0.3 is 19.5 Å². The maximum atomic E-state index is 12.8. The number of ether oxygens (including phenoxy) is 1. The number of hydrogen-bond donors (Lipinski definition) is 2. The Labute approximate surface area is 221 Å². The average Bonchev–Trinajstić information content (AvgIpc) is 3.08. The zero-order valence-corrected chi connectivity index (χ0v) is 22.9. The molecule has 0 aliphatic carbocycles. The smallest absolute Gasteiger partial charge is 0.456 e. The van der Waals surface area contributed by atoms with Crippen molar-refractivity contribution in [3.05, 3.63) is 68.3 Å². The third kappa shape index (κ3) is 5.79. The van der Waals surface area contributed by atoms with E-state index in [4.69, 9.17) is 9.39 Å². The second-order valence-corrected chi connectivity index (χ2v) is 12.4. The van der Waals surface area contributed by atoms with Crippen molar-refractivity contribution in [3.8, 4) is 11.5 Å². The van der Waals surface area contributed by atoms with E-state index in [0.717, 1.165) is 40.7 Å². The molecule has 0 radical (unpaired) electrons. The molecule has 2 heterocycles. The highest BCUT2D eigenvalue weighted by Crippen LogP contribution is 2.41. The van der Waals surface area contributed by atoms with Gasteiger partial charge in [0.2, 0.25) is 0 Å². The van der Waals surface area contributed by atoms with Gasteiger partial charge in [-0.1, -0.05) is 55.3 Å². The predicted molar refractivity (Wildman–Crippen MR) is 148 cm³/mol. The molecule has 2 aromatic carbocycles. The van der Waals surface area contributed by atoms with Crippen LogP contribution in [0.5, 0.6) is 11.5 Å². The van der Waals surface area contributed by atoms with Crippen molar-refractivity contribution in [1.82, 2.24) is 0 Å². The van der Waals surface area contributed by atoms with Crippen molar-refractivity contribution in [1.29, 1.82) is 0 Å². The van der Waals surface area contributed by atoms with Gasteiger partial charge >= 0.3 is 7.12 Å². The molecule has 0 saturated carbocycles. The standard InChI is InChI=1S/C26H30BIO6S/c1-3-7-20-16-35(31,32)24-15-27(30)34-22(25(20)24)11-10-19(18-8-5-4-6-9-18)12-17-13-21(28)26(29)23(14-17)33-2/h4-6,8-9,12-14,22,24,29-30H,3,7,10-11,15-16H2,1-2H3/b19-12-/t22-,24+/m1/s1. The molecule has 2 aromatic rings. The number of phenols is 1. The van der Waals surface area contributed by atoms with Crippen LogP contribution in [0.1, 0.15) is 43.7 Å². The second kappa shape index (κ2) is 11.1. The molecule has 1 saturated heterocycles. The van der Waals surface area contributed by atoms with E-state index in [1.165, 1.54) is 7.11 Å². The summed E-state index contributed by atoms with van der Waals surface area (Å²) >= 11 is 2.08. The molecule has 0 aromatic heterocycles. The van der Waals surface area contributed by atoms with Gasteiger partial charge in [-0.3, -0.25) is 0 Å². The molecular formula is C26H30BIO6S. The number of fused-ring (bicyclic) bond motifs is 1. The number of benzene rings is 2. The first-order chi connectivity index (χ1) is 16.7. The van der Waals surface area contributed by atoms with Gasteiger partial charge in [-0.05, 0) is 76.3 Å². The Morgan fingerprint density at radius 1 is 1.29 bits per heavy atom. The molecule has 4 rings (SSSR count). The molecule has 6 nitrogen and oxygen atoms in total. The van der Waals surface area contributed by atoms with Crippen LogP contribution in [0.15, 0.2) is 53.6 Å². The third-order valence-corrected chi connectivity index (χ3v) is 9.52. The van der Waals surface area contributed by atoms with Crippen LogP contribution in [0, 0.1) is 3.57 Å². The maximum absolute atomic E-state index is 12.8. The lowest BCUT2D eigenvalue weighted by atomic mass is 9.74. The van der Waals surface area contributed by atoms with Crippen LogP contribution in [-0.4, -0.2) is 49.9 Å². The van der Waals surface area contributed by atoms with Gasteiger partial charge in [-0.15, -0.1) is 0 Å². The van der Waals surface area contributed by atoms with Crippen LogP contribution in [0.25, 0.3) is 11.6 Å². The maximum Gasteiger partial charge on any atom is 0.456 e. The molecule has 35 heavy (non-hydrogen) atoms. The number of allylic oxidation sites excluding steroid dienone is 1. The molecule has 1 fully saturated rings. The Hall–Kier alpha value is -1.82. The number of aromatic hydroxyl groups is 1. The number of methoxy groups -OCH3 is 1. The van der Waals surface area contributed by atoms with E-state index in [1.54, 1.807) is 6.07 Å². The first kappa shape index (κ1) is 26.3. The molecule has 0 unspecified atom stereocenters. The first-order valence-corrected chi connectivity index (χ1v) is 14.6. The van der Waals surface area contributed by atoms with Crippen LogP contribution >= 0.6 is 22.6 Å². The van der Waals surface area contributed by atoms with Crippen LogP contribution in [0.2, 0.25) is 6.32 Å². The fraction of sp³-hybridized carbons (Fsp3) is 0.385. The zero-order valence-electron chi connectivity index (χ0n) is 19.9. The quantitative estimate of drug-likeness (QED) is 0.188. The zero-order chi connectivity index (χ0) is 25.2. The first-order valence-electron chi connectivity index (χ1n) is 11.8. The number of sulfone groups is 1. The van der Waals surface area contributed by atoms with Crippen LogP contribution in [-0.2, 0) is 14.5 Å². The predicted octanol–water partition coefficient (Wildman–Crippen LogP) is 5.10. The summed E-state index contributed by atoms with van der Waals surface area (Å²) in [5.41, 5.74) is 4.81. The Morgan fingerprint density at radius 2 is 2.03 bits per heavy atom. The number of phenolic OH excluding ortho intramolecular Hbond substituents is 1. The minimum Gasteiger partial charge on any atom is -0.504 e. The summed E-state index contributed by atoms with van der Waals surface area (Å²) in [5, 5.41) is 19.9. The van der Waals surface area contributed by atoms with Crippen molar-refractivity contribution in [2.75, 3.05) is 12.9 Å². The van der Waals surface area contributed by atoms with Crippen molar-refractivity contribution in [2.45, 2.75) is 50.3 Å². The lowest BCUT2D eigenvalue weighted by molar-refractivity contribution is 0.171. The third-order valence-electron chi connectivity index (χ3n) is 6.63. The highest BCUT2D eigenvalue weighted by atomic mass is 127. The van der Waals surface area contributed by atoms with Crippen molar-refractivity contribution in [3.63, 3.8) is 0 Å². The summed E-state index contributed by atoms with van der Waals surface area (Å²) in [6.07, 6.45) is 4.50. The largest absolute Gasteiger partial charge is 0.504 e. The Bertz CT molecular complexity index is 1240. The Morgan fingerprint density at radius 3 is 2.71 bits per heavy atom. The van der Waals surface area contributed by atoms with Crippen molar-refractivity contribution in [2.24, 2.45) is 0 Å². The molecule has 0 bridgehead atoms. The van der Waals surface area contributed by atoms with Gasteiger partial charge in [0.15, 0.2) is 21.3 Å². The number of halogens is 1. The van der Waals surface area contributed by atoms with E-state index in [1.807, 2.05) is 43.3 Å². The molecule has 0 spiro atoms. The molecular weight excluding hydrogens is 578 g/mol. The SMILES string of the molecule is CCCC1=C2[C@@H](CC/C(=C/c3cc(I)c(O)c(OC)c3)c3ccccc3)OB(O)C[C@@H]2S(=O)(=O)C1. The molecule has 9 heteroatoms. The van der Waals surface area contributed by atoms with E-state index in [2.05, 4.69) is 28.7 Å². The van der Waals surface area contributed by atoms with E-state index in [9.17, 15) is 18.5 Å². The molecule has 186 valence electrons. The van der Waals surface area contributed by atoms with Crippen LogP contribution < -0.4 is 4.74 Å². The molecule has 2 aliphatic heterocycles. The van der Waals surface area contributed by atoms with Crippen LogP contribution in [0.4, 0.5) is 0 Å². The molecule has 0 amide bonds. The van der Waals surface area contributed by atoms with Gasteiger partial charge in [0.25, 0.3) is 0 Å². The Balaban J connectivity index is 1.68. The second-order valence-electron chi connectivity index (χ2n) is 9.05. The van der Waals surface area contributed by atoms with Crippen molar-refractivity contribution < 1.29 is 27.9 Å². The summed E-state index contributed by atoms with van der Waals surface area (Å²) in [6.45, 7) is 2.05. The fourth-order valence-electron chi connectivity index (χ4n) is 5.07. The summed E-state index contributed by atoms with van der Waals surface area (Å²) in [4.78, 5) is 0. The fourth-order valence-corrected chi connectivity index (χ4v) is 7.86. The van der Waals surface area contributed by atoms with Gasteiger partial charge in [0.1, 0.15) is 0 Å². The van der Waals surface area contributed by atoms with Crippen LogP contribution in [0.3, 0.4) is 0 Å². The van der Waals surface area contributed by atoms with Crippen molar-refractivity contribution >= 4 is 51.2 Å². The molecule has 2 N–H and O–H groups in total. The lowest BCUT2D eigenvalue weighted by Gasteiger charge is -2.32. The highest BCUT2D eigenvalue weighted by Gasteiger charge is 2.48. The van der Waals surface area contributed by atoms with Gasteiger partial charge in [-0.2, -0.15) is 0 Å². The lowest BCUT2D eigenvalue weighted by Crippen LogP contribution is -2.41. The van der Waals surface area contributed by atoms with Gasteiger partial charge in [0.05, 0.1) is 27.8 Å². The van der Waals surface area contributed by atoms with Gasteiger partial charge in [0, 0.05) is 6.32 Å². The van der Waals surface area contributed by atoms with E-state index < -0.39 is 28.3 Å². The average molecular weight is 608 g/mol. The summed E-state index contributed by atoms with van der Waals surface area (Å²) in [6, 6.07) is 13.7. The highest BCUT2D eigenvalue weighted by molar-refractivity contribution is 14.1. The summed E-state index contributed by atoms with van der Waals surface area (Å²) in [5.74, 6) is 0.586. The van der Waals surface area contributed by atoms with E-state index in [0.29, 0.717) is 22.2 Å². The molecule has 2 aliphatic rings. The normalized spacial score (nSPS) is 21.8. The monoisotopic (exact) mass is 608 g/mol. The topological polar surface area (TPSA) is 93.1 Å². The minimum absolute atomic E-state index is 0.0700. The van der Waals surface area contributed by atoms with E-state index >= 15 is 0 Å².